The summed E-state index contributed by atoms with van der Waals surface area (Å²) in [6.07, 6.45) is 0. The van der Waals surface area contributed by atoms with E-state index < -0.39 is 12.0 Å². The van der Waals surface area contributed by atoms with Crippen LogP contribution in [0.3, 0.4) is 0 Å². The van der Waals surface area contributed by atoms with Gasteiger partial charge in [-0.25, -0.2) is 4.98 Å². The number of carboxylic acid groups (broad SMARTS) is 1. The molecule has 20 heavy (non-hydrogen) atoms. The van der Waals surface area contributed by atoms with Gasteiger partial charge in [-0.2, -0.15) is 11.8 Å². The lowest BCUT2D eigenvalue weighted by Gasteiger charge is -2.04. The molecule has 1 atom stereocenters. The van der Waals surface area contributed by atoms with Crippen LogP contribution in [0.25, 0.3) is 10.6 Å². The number of hydrogen-bond donors (Lipinski definition) is 2. The highest BCUT2D eigenvalue weighted by atomic mass is 32.2. The number of nitrogens with zero attached hydrogens (tertiary/aromatic N) is 1. The van der Waals surface area contributed by atoms with Crippen molar-refractivity contribution in [1.82, 2.24) is 4.98 Å². The van der Waals surface area contributed by atoms with Crippen molar-refractivity contribution in [3.63, 3.8) is 0 Å². The van der Waals surface area contributed by atoms with Crippen LogP contribution >= 0.6 is 23.1 Å². The lowest BCUT2D eigenvalue weighted by Crippen LogP contribution is -2.32. The van der Waals surface area contributed by atoms with E-state index in [1.807, 2.05) is 5.38 Å². The minimum atomic E-state index is -0.962. The summed E-state index contributed by atoms with van der Waals surface area (Å²) in [5.74, 6) is 0.118. The Morgan fingerprint density at radius 2 is 2.15 bits per heavy atom. The van der Waals surface area contributed by atoms with E-state index in [2.05, 4.69) is 36.2 Å². The SMILES string of the molecule is Cc1ccc(-c2nc(CSCC(N)C(=O)O)cs2)cc1. The second kappa shape index (κ2) is 6.88. The second-order valence-corrected chi connectivity index (χ2v) is 6.36. The Kier molecular flexibility index (Phi) is 5.17. The Balaban J connectivity index is 1.92. The van der Waals surface area contributed by atoms with Gasteiger partial charge in [-0.15, -0.1) is 11.3 Å². The second-order valence-electron chi connectivity index (χ2n) is 4.47. The molecule has 0 aliphatic heterocycles. The summed E-state index contributed by atoms with van der Waals surface area (Å²) in [7, 11) is 0. The number of thioether (sulfide) groups is 1. The molecular formula is C14H16N2O2S2. The fraction of sp³-hybridized carbons (Fsp3) is 0.286. The molecule has 0 radical (unpaired) electrons. The van der Waals surface area contributed by atoms with E-state index in [4.69, 9.17) is 10.8 Å². The van der Waals surface area contributed by atoms with Gasteiger partial charge in [-0.3, -0.25) is 4.79 Å². The largest absolute Gasteiger partial charge is 0.480 e. The van der Waals surface area contributed by atoms with Crippen LogP contribution in [0.2, 0.25) is 0 Å². The Morgan fingerprint density at radius 3 is 2.80 bits per heavy atom. The number of rotatable bonds is 6. The zero-order valence-corrected chi connectivity index (χ0v) is 12.7. The van der Waals surface area contributed by atoms with E-state index in [0.717, 1.165) is 16.3 Å². The molecule has 106 valence electrons. The van der Waals surface area contributed by atoms with E-state index in [0.29, 0.717) is 11.5 Å². The van der Waals surface area contributed by atoms with Crippen LogP contribution in [0.4, 0.5) is 0 Å². The molecule has 4 nitrogen and oxygen atoms in total. The van der Waals surface area contributed by atoms with Crippen LogP contribution in [0.1, 0.15) is 11.3 Å². The summed E-state index contributed by atoms with van der Waals surface area (Å²) >= 11 is 3.09. The lowest BCUT2D eigenvalue weighted by molar-refractivity contribution is -0.137. The molecule has 0 spiro atoms. The van der Waals surface area contributed by atoms with Gasteiger partial charge < -0.3 is 10.8 Å². The predicted molar refractivity (Wildman–Crippen MR) is 84.1 cm³/mol. The quantitative estimate of drug-likeness (QED) is 0.858. The van der Waals surface area contributed by atoms with Crippen LogP contribution in [0, 0.1) is 6.92 Å². The summed E-state index contributed by atoms with van der Waals surface area (Å²) < 4.78 is 0. The summed E-state index contributed by atoms with van der Waals surface area (Å²) in [5.41, 5.74) is 8.75. The minimum Gasteiger partial charge on any atom is -0.480 e. The molecule has 0 aliphatic rings. The van der Waals surface area contributed by atoms with Crippen molar-refractivity contribution in [2.45, 2.75) is 18.7 Å². The number of aliphatic carboxylic acids is 1. The van der Waals surface area contributed by atoms with Crippen molar-refractivity contribution in [3.05, 3.63) is 40.9 Å². The average molecular weight is 308 g/mol. The van der Waals surface area contributed by atoms with E-state index in [1.165, 1.54) is 17.3 Å². The van der Waals surface area contributed by atoms with Crippen LogP contribution in [-0.4, -0.2) is 27.9 Å². The number of carboxylic acids is 1. The van der Waals surface area contributed by atoms with E-state index >= 15 is 0 Å². The fourth-order valence-electron chi connectivity index (χ4n) is 1.56. The molecule has 0 fully saturated rings. The number of nitrogens with two attached hydrogens (primary N) is 1. The standard InChI is InChI=1S/C14H16N2O2S2/c1-9-2-4-10(5-3-9)13-16-11(7-20-13)6-19-8-12(15)14(17)18/h2-5,7,12H,6,8,15H2,1H3,(H,17,18). The number of benzene rings is 1. The first-order valence-corrected chi connectivity index (χ1v) is 8.17. The monoisotopic (exact) mass is 308 g/mol. The van der Waals surface area contributed by atoms with Crippen molar-refractivity contribution >= 4 is 29.1 Å². The van der Waals surface area contributed by atoms with Crippen LogP contribution in [0.5, 0.6) is 0 Å². The first-order chi connectivity index (χ1) is 9.56. The Morgan fingerprint density at radius 1 is 1.45 bits per heavy atom. The minimum absolute atomic E-state index is 0.396. The molecule has 0 bridgehead atoms. The number of aryl methyl sites for hydroxylation is 1. The molecule has 1 aromatic heterocycles. The number of carbonyl (C=O) groups is 1. The predicted octanol–water partition coefficient (Wildman–Crippen LogP) is 2.76. The van der Waals surface area contributed by atoms with Gasteiger partial charge in [0.2, 0.25) is 0 Å². The molecule has 1 heterocycles. The maximum Gasteiger partial charge on any atom is 0.321 e. The first kappa shape index (κ1) is 15.0. The first-order valence-electron chi connectivity index (χ1n) is 6.14. The molecule has 0 saturated carbocycles. The summed E-state index contributed by atoms with van der Waals surface area (Å²) in [6.45, 7) is 2.05. The lowest BCUT2D eigenvalue weighted by atomic mass is 10.2. The van der Waals surface area contributed by atoms with Gasteiger partial charge in [0.1, 0.15) is 11.0 Å². The van der Waals surface area contributed by atoms with Gasteiger partial charge in [0.05, 0.1) is 5.69 Å². The highest BCUT2D eigenvalue weighted by Crippen LogP contribution is 2.25. The fourth-order valence-corrected chi connectivity index (χ4v) is 3.37. The molecule has 3 N–H and O–H groups in total. The molecule has 1 unspecified atom stereocenters. The molecule has 2 aromatic rings. The third kappa shape index (κ3) is 4.06. The third-order valence-electron chi connectivity index (χ3n) is 2.71. The van der Waals surface area contributed by atoms with Gasteiger partial charge in [0, 0.05) is 22.4 Å². The molecule has 0 saturated heterocycles. The number of thiazole rings is 1. The van der Waals surface area contributed by atoms with Crippen LogP contribution in [-0.2, 0) is 10.5 Å². The average Bonchev–Trinajstić information content (AvgIpc) is 2.88. The van der Waals surface area contributed by atoms with Crippen molar-refractivity contribution in [2.24, 2.45) is 5.73 Å². The normalized spacial score (nSPS) is 12.3. The highest BCUT2D eigenvalue weighted by Gasteiger charge is 2.11. The smallest absolute Gasteiger partial charge is 0.321 e. The Hall–Kier alpha value is -1.37. The molecule has 0 amide bonds. The van der Waals surface area contributed by atoms with Crippen molar-refractivity contribution in [1.29, 1.82) is 0 Å². The molecular weight excluding hydrogens is 292 g/mol. The zero-order chi connectivity index (χ0) is 14.5. The van der Waals surface area contributed by atoms with Gasteiger partial charge in [-0.1, -0.05) is 29.8 Å². The number of hydrogen-bond acceptors (Lipinski definition) is 5. The summed E-state index contributed by atoms with van der Waals surface area (Å²) in [6, 6.07) is 7.44. The summed E-state index contributed by atoms with van der Waals surface area (Å²) in [4.78, 5) is 15.2. The third-order valence-corrected chi connectivity index (χ3v) is 4.75. The van der Waals surface area contributed by atoms with Crippen molar-refractivity contribution < 1.29 is 9.90 Å². The highest BCUT2D eigenvalue weighted by molar-refractivity contribution is 7.98. The maximum absolute atomic E-state index is 10.6. The van der Waals surface area contributed by atoms with Crippen LogP contribution < -0.4 is 5.73 Å². The maximum atomic E-state index is 10.6. The van der Waals surface area contributed by atoms with E-state index in [9.17, 15) is 4.79 Å². The Bertz CT molecular complexity index is 581. The summed E-state index contributed by atoms with van der Waals surface area (Å²) in [5, 5.41) is 11.7. The van der Waals surface area contributed by atoms with Gasteiger partial charge in [0.25, 0.3) is 0 Å². The van der Waals surface area contributed by atoms with Crippen molar-refractivity contribution in [3.8, 4) is 10.6 Å². The Labute approximate surface area is 126 Å². The van der Waals surface area contributed by atoms with Gasteiger partial charge in [-0.05, 0) is 6.92 Å². The van der Waals surface area contributed by atoms with Gasteiger partial charge >= 0.3 is 5.97 Å². The van der Waals surface area contributed by atoms with Crippen molar-refractivity contribution in [2.75, 3.05) is 5.75 Å². The number of aromatic nitrogens is 1. The molecule has 2 rings (SSSR count). The molecule has 0 aliphatic carbocycles. The molecule has 6 heteroatoms. The molecule has 1 aromatic carbocycles. The topological polar surface area (TPSA) is 76.2 Å². The van der Waals surface area contributed by atoms with E-state index in [-0.39, 0.29) is 0 Å². The zero-order valence-electron chi connectivity index (χ0n) is 11.1. The van der Waals surface area contributed by atoms with E-state index in [1.54, 1.807) is 11.3 Å². The van der Waals surface area contributed by atoms with Gasteiger partial charge in [0.15, 0.2) is 0 Å². The van der Waals surface area contributed by atoms with Crippen LogP contribution in [0.15, 0.2) is 29.6 Å².